The first-order valence-corrected chi connectivity index (χ1v) is 9.51. The van der Waals surface area contributed by atoms with Gasteiger partial charge in [0, 0.05) is 36.8 Å². The Morgan fingerprint density at radius 2 is 2.11 bits per heavy atom. The average Bonchev–Trinajstić information content (AvgIpc) is 3.21. The standard InChI is InChI=1S/C19H26N4O4.ClH/c1-13-6-7-15(10-17(13)23(26)27)19(25)22-9-3-4-14(12-22)11-21-18(24)16-5-2-8-20-16;/h6-7,10,14,16,20H,2-5,8-9,11-12H2,1H3,(H,21,24);1H. The molecular weight excluding hydrogens is 384 g/mol. The van der Waals surface area contributed by atoms with Crippen LogP contribution in [0.1, 0.15) is 41.6 Å². The van der Waals surface area contributed by atoms with Crippen molar-refractivity contribution in [1.29, 1.82) is 0 Å². The summed E-state index contributed by atoms with van der Waals surface area (Å²) in [6.07, 6.45) is 3.71. The van der Waals surface area contributed by atoms with Crippen molar-refractivity contribution >= 4 is 29.9 Å². The molecule has 2 amide bonds. The lowest BCUT2D eigenvalue weighted by Gasteiger charge is -2.33. The Morgan fingerprint density at radius 3 is 2.79 bits per heavy atom. The van der Waals surface area contributed by atoms with Crippen molar-refractivity contribution in [2.24, 2.45) is 5.92 Å². The molecule has 2 atom stereocenters. The van der Waals surface area contributed by atoms with Crippen molar-refractivity contribution in [2.75, 3.05) is 26.2 Å². The molecule has 2 unspecified atom stereocenters. The number of rotatable bonds is 5. The molecule has 0 radical (unpaired) electrons. The second kappa shape index (κ2) is 9.84. The topological polar surface area (TPSA) is 105 Å². The first-order chi connectivity index (χ1) is 13.0. The summed E-state index contributed by atoms with van der Waals surface area (Å²) in [5.74, 6) is 0.0465. The third kappa shape index (κ3) is 5.20. The molecule has 0 bridgehead atoms. The van der Waals surface area contributed by atoms with E-state index >= 15 is 0 Å². The van der Waals surface area contributed by atoms with Gasteiger partial charge in [0.2, 0.25) is 5.91 Å². The third-order valence-corrected chi connectivity index (χ3v) is 5.40. The minimum absolute atomic E-state index is 0. The van der Waals surface area contributed by atoms with E-state index in [1.165, 1.54) is 6.07 Å². The molecule has 0 spiro atoms. The predicted molar refractivity (Wildman–Crippen MR) is 108 cm³/mol. The maximum atomic E-state index is 12.8. The third-order valence-electron chi connectivity index (χ3n) is 5.40. The van der Waals surface area contributed by atoms with Crippen LogP contribution in [-0.2, 0) is 4.79 Å². The second-order valence-corrected chi connectivity index (χ2v) is 7.41. The van der Waals surface area contributed by atoms with E-state index in [1.807, 2.05) is 0 Å². The van der Waals surface area contributed by atoms with Gasteiger partial charge in [0.25, 0.3) is 11.6 Å². The van der Waals surface area contributed by atoms with Gasteiger partial charge in [-0.3, -0.25) is 19.7 Å². The average molecular weight is 411 g/mol. The van der Waals surface area contributed by atoms with Crippen LogP contribution in [0.2, 0.25) is 0 Å². The molecule has 0 aromatic heterocycles. The summed E-state index contributed by atoms with van der Waals surface area (Å²) in [6, 6.07) is 4.51. The van der Waals surface area contributed by atoms with Crippen LogP contribution >= 0.6 is 12.4 Å². The van der Waals surface area contributed by atoms with E-state index in [9.17, 15) is 19.7 Å². The first kappa shape index (κ1) is 22.1. The van der Waals surface area contributed by atoms with Crippen molar-refractivity contribution < 1.29 is 14.5 Å². The number of benzene rings is 1. The molecule has 8 nitrogen and oxygen atoms in total. The van der Waals surface area contributed by atoms with Gasteiger partial charge in [-0.1, -0.05) is 6.07 Å². The number of nitro benzene ring substituents is 1. The number of piperidine rings is 1. The fraction of sp³-hybridized carbons (Fsp3) is 0.579. The highest BCUT2D eigenvalue weighted by molar-refractivity contribution is 5.95. The smallest absolute Gasteiger partial charge is 0.273 e. The van der Waals surface area contributed by atoms with E-state index < -0.39 is 4.92 Å². The summed E-state index contributed by atoms with van der Waals surface area (Å²) < 4.78 is 0. The van der Waals surface area contributed by atoms with Crippen LogP contribution in [0, 0.1) is 23.0 Å². The Bertz CT molecular complexity index is 737. The predicted octanol–water partition coefficient (Wildman–Crippen LogP) is 2.05. The number of hydrogen-bond donors (Lipinski definition) is 2. The fourth-order valence-corrected chi connectivity index (χ4v) is 3.81. The molecule has 2 aliphatic heterocycles. The van der Waals surface area contributed by atoms with E-state index in [4.69, 9.17) is 0 Å². The summed E-state index contributed by atoms with van der Waals surface area (Å²) in [4.78, 5) is 37.3. The molecule has 2 heterocycles. The lowest BCUT2D eigenvalue weighted by atomic mass is 9.97. The highest BCUT2D eigenvalue weighted by atomic mass is 35.5. The highest BCUT2D eigenvalue weighted by Gasteiger charge is 2.27. The molecule has 0 aliphatic carbocycles. The van der Waals surface area contributed by atoms with Gasteiger partial charge in [-0.05, 0) is 51.1 Å². The number of carbonyl (C=O) groups is 2. The SMILES string of the molecule is Cc1ccc(C(=O)N2CCCC(CNC(=O)C3CCCN3)C2)cc1[N+](=O)[O-].Cl. The molecule has 2 aliphatic rings. The van der Waals surface area contributed by atoms with Crippen LogP contribution in [0.25, 0.3) is 0 Å². The van der Waals surface area contributed by atoms with E-state index in [0.717, 1.165) is 32.2 Å². The number of nitrogens with one attached hydrogen (secondary N) is 2. The van der Waals surface area contributed by atoms with Crippen LogP contribution in [0.15, 0.2) is 18.2 Å². The van der Waals surface area contributed by atoms with Gasteiger partial charge in [0.1, 0.15) is 0 Å². The molecule has 1 aromatic rings. The number of amides is 2. The van der Waals surface area contributed by atoms with Crippen LogP contribution in [0.4, 0.5) is 5.69 Å². The largest absolute Gasteiger partial charge is 0.354 e. The minimum Gasteiger partial charge on any atom is -0.354 e. The Morgan fingerprint density at radius 1 is 1.32 bits per heavy atom. The zero-order chi connectivity index (χ0) is 19.4. The van der Waals surface area contributed by atoms with Gasteiger partial charge in [0.05, 0.1) is 11.0 Å². The van der Waals surface area contributed by atoms with Crippen molar-refractivity contribution in [3.63, 3.8) is 0 Å². The maximum Gasteiger partial charge on any atom is 0.273 e. The molecule has 2 fully saturated rings. The minimum atomic E-state index is -0.461. The Hall–Kier alpha value is -2.19. The number of nitro groups is 1. The maximum absolute atomic E-state index is 12.8. The molecule has 154 valence electrons. The lowest BCUT2D eigenvalue weighted by molar-refractivity contribution is -0.385. The highest BCUT2D eigenvalue weighted by Crippen LogP contribution is 2.23. The summed E-state index contributed by atoms with van der Waals surface area (Å²) in [5.41, 5.74) is 0.842. The van der Waals surface area contributed by atoms with Crippen LogP contribution in [-0.4, -0.2) is 53.9 Å². The number of carbonyl (C=O) groups excluding carboxylic acids is 2. The molecular formula is C19H27ClN4O4. The van der Waals surface area contributed by atoms with Crippen molar-refractivity contribution in [3.05, 3.63) is 39.4 Å². The summed E-state index contributed by atoms with van der Waals surface area (Å²) in [5, 5.41) is 17.3. The molecule has 3 rings (SSSR count). The number of hydrogen-bond acceptors (Lipinski definition) is 5. The summed E-state index contributed by atoms with van der Waals surface area (Å²) in [6.45, 7) is 4.28. The van der Waals surface area contributed by atoms with E-state index in [1.54, 1.807) is 24.0 Å². The van der Waals surface area contributed by atoms with Gasteiger partial charge in [0.15, 0.2) is 0 Å². The zero-order valence-electron chi connectivity index (χ0n) is 16.0. The fourth-order valence-electron chi connectivity index (χ4n) is 3.81. The van der Waals surface area contributed by atoms with Crippen molar-refractivity contribution in [3.8, 4) is 0 Å². The number of likely N-dealkylation sites (tertiary alicyclic amines) is 1. The van der Waals surface area contributed by atoms with E-state index in [2.05, 4.69) is 10.6 Å². The van der Waals surface area contributed by atoms with Crippen molar-refractivity contribution in [2.45, 2.75) is 38.6 Å². The van der Waals surface area contributed by atoms with E-state index in [-0.39, 0.29) is 41.9 Å². The van der Waals surface area contributed by atoms with Gasteiger partial charge in [-0.2, -0.15) is 0 Å². The Kier molecular flexibility index (Phi) is 7.77. The second-order valence-electron chi connectivity index (χ2n) is 7.41. The molecule has 2 N–H and O–H groups in total. The van der Waals surface area contributed by atoms with Gasteiger partial charge in [-0.15, -0.1) is 12.4 Å². The number of nitrogens with zero attached hydrogens (tertiary/aromatic N) is 2. The van der Waals surface area contributed by atoms with Crippen molar-refractivity contribution in [1.82, 2.24) is 15.5 Å². The number of halogens is 1. The first-order valence-electron chi connectivity index (χ1n) is 9.51. The van der Waals surface area contributed by atoms with Gasteiger partial charge < -0.3 is 15.5 Å². The molecule has 9 heteroatoms. The zero-order valence-corrected chi connectivity index (χ0v) is 16.8. The quantitative estimate of drug-likeness (QED) is 0.571. The summed E-state index contributed by atoms with van der Waals surface area (Å²) >= 11 is 0. The van der Waals surface area contributed by atoms with E-state index in [0.29, 0.717) is 30.8 Å². The molecule has 0 saturated carbocycles. The van der Waals surface area contributed by atoms with Crippen LogP contribution in [0.5, 0.6) is 0 Å². The molecule has 2 saturated heterocycles. The van der Waals surface area contributed by atoms with Crippen LogP contribution < -0.4 is 10.6 Å². The normalized spacial score (nSPS) is 21.7. The summed E-state index contributed by atoms with van der Waals surface area (Å²) in [7, 11) is 0. The molecule has 28 heavy (non-hydrogen) atoms. The number of aryl methyl sites for hydroxylation is 1. The Balaban J connectivity index is 0.00000280. The Labute approximate surface area is 170 Å². The van der Waals surface area contributed by atoms with Crippen LogP contribution in [0.3, 0.4) is 0 Å². The van der Waals surface area contributed by atoms with Gasteiger partial charge in [-0.25, -0.2) is 0 Å². The lowest BCUT2D eigenvalue weighted by Crippen LogP contribution is -2.46. The van der Waals surface area contributed by atoms with Gasteiger partial charge >= 0.3 is 0 Å². The molecule has 1 aromatic carbocycles. The monoisotopic (exact) mass is 410 g/mol.